The Labute approximate surface area is 219 Å². The van der Waals surface area contributed by atoms with Gasteiger partial charge in [-0.1, -0.05) is 72.5 Å². The Morgan fingerprint density at radius 2 is 1.89 bits per heavy atom. The van der Waals surface area contributed by atoms with Crippen molar-refractivity contribution < 1.29 is 9.47 Å². The maximum absolute atomic E-state index is 13.9. The fourth-order valence-corrected chi connectivity index (χ4v) is 6.10. The number of aromatic nitrogens is 1. The third-order valence-corrected chi connectivity index (χ3v) is 7.81. The molecule has 0 spiro atoms. The molecule has 2 heterocycles. The highest BCUT2D eigenvalue weighted by atomic mass is 32.1. The van der Waals surface area contributed by atoms with E-state index in [4.69, 9.17) is 14.5 Å². The molecule has 4 aromatic rings. The standard InChI is InChI=1S/C31H26N2O3S/c1-3-17-36-23-14-11-20(12-15-23)18-27-30(34)33-29(22-8-6-9-24(19-22)35-2)26-16-13-21-7-4-5-10-25(21)28(26)32-31(33)37-27/h3-12,14-15,18-19,29H,1,13,16-17H2,2H3/b27-18-. The van der Waals surface area contributed by atoms with Gasteiger partial charge in [0.25, 0.3) is 5.56 Å². The van der Waals surface area contributed by atoms with E-state index in [2.05, 4.69) is 36.9 Å². The Bertz CT molecular complexity index is 1710. The average Bonchev–Trinajstić information content (AvgIpc) is 3.25. The van der Waals surface area contributed by atoms with E-state index in [1.165, 1.54) is 22.5 Å². The van der Waals surface area contributed by atoms with Crippen molar-refractivity contribution in [3.05, 3.63) is 133 Å². The van der Waals surface area contributed by atoms with Crippen molar-refractivity contribution in [1.82, 2.24) is 4.57 Å². The fourth-order valence-electron chi connectivity index (χ4n) is 5.10. The van der Waals surface area contributed by atoms with Gasteiger partial charge in [-0.05, 0) is 65.4 Å². The molecule has 5 nitrogen and oxygen atoms in total. The van der Waals surface area contributed by atoms with Gasteiger partial charge in [0, 0.05) is 5.56 Å². The molecule has 37 heavy (non-hydrogen) atoms. The van der Waals surface area contributed by atoms with E-state index < -0.39 is 0 Å². The molecule has 0 saturated carbocycles. The van der Waals surface area contributed by atoms with Crippen molar-refractivity contribution in [3.8, 4) is 11.5 Å². The van der Waals surface area contributed by atoms with Gasteiger partial charge in [-0.15, -0.1) is 0 Å². The van der Waals surface area contributed by atoms with Crippen molar-refractivity contribution in [3.63, 3.8) is 0 Å². The molecular weight excluding hydrogens is 480 g/mol. The fraction of sp³-hybridized carbons (Fsp3) is 0.161. The zero-order valence-electron chi connectivity index (χ0n) is 20.5. The highest BCUT2D eigenvalue weighted by Crippen LogP contribution is 2.41. The second-order valence-corrected chi connectivity index (χ2v) is 10.1. The van der Waals surface area contributed by atoms with E-state index in [0.717, 1.165) is 46.7 Å². The van der Waals surface area contributed by atoms with Crippen LogP contribution in [0.15, 0.2) is 101 Å². The van der Waals surface area contributed by atoms with Crippen molar-refractivity contribution in [1.29, 1.82) is 0 Å². The minimum absolute atomic E-state index is 0.0334. The van der Waals surface area contributed by atoms with Crippen molar-refractivity contribution >= 4 is 23.1 Å². The Balaban J connectivity index is 1.53. The van der Waals surface area contributed by atoms with E-state index in [1.54, 1.807) is 13.2 Å². The third kappa shape index (κ3) is 4.23. The first-order valence-electron chi connectivity index (χ1n) is 12.3. The van der Waals surface area contributed by atoms with Crippen LogP contribution in [0.2, 0.25) is 0 Å². The molecule has 0 bridgehead atoms. The first kappa shape index (κ1) is 23.3. The monoisotopic (exact) mass is 506 g/mol. The number of fused-ring (bicyclic) bond motifs is 3. The van der Waals surface area contributed by atoms with Gasteiger partial charge in [0.2, 0.25) is 0 Å². The maximum Gasteiger partial charge on any atom is 0.271 e. The Morgan fingerprint density at radius 3 is 2.70 bits per heavy atom. The number of aryl methyl sites for hydroxylation is 1. The zero-order valence-corrected chi connectivity index (χ0v) is 21.3. The van der Waals surface area contributed by atoms with E-state index in [-0.39, 0.29) is 11.6 Å². The van der Waals surface area contributed by atoms with Gasteiger partial charge in [0.15, 0.2) is 4.80 Å². The number of methoxy groups -OCH3 is 1. The Morgan fingerprint density at radius 1 is 1.05 bits per heavy atom. The predicted octanol–water partition coefficient (Wildman–Crippen LogP) is 4.89. The van der Waals surface area contributed by atoms with Crippen LogP contribution in [0, 0.1) is 0 Å². The van der Waals surface area contributed by atoms with Crippen LogP contribution in [-0.2, 0) is 6.42 Å². The van der Waals surface area contributed by atoms with Gasteiger partial charge >= 0.3 is 0 Å². The summed E-state index contributed by atoms with van der Waals surface area (Å²) in [5.74, 6) is 1.54. The van der Waals surface area contributed by atoms with Crippen LogP contribution in [0.4, 0.5) is 0 Å². The highest BCUT2D eigenvalue weighted by Gasteiger charge is 2.32. The van der Waals surface area contributed by atoms with Crippen LogP contribution >= 0.6 is 11.3 Å². The van der Waals surface area contributed by atoms with Crippen LogP contribution in [0.25, 0.3) is 11.8 Å². The molecule has 1 unspecified atom stereocenters. The van der Waals surface area contributed by atoms with Gasteiger partial charge in [-0.25, -0.2) is 4.99 Å². The minimum Gasteiger partial charge on any atom is -0.497 e. The summed E-state index contributed by atoms with van der Waals surface area (Å²) in [6.45, 7) is 4.14. The summed E-state index contributed by atoms with van der Waals surface area (Å²) in [5, 5.41) is 0. The summed E-state index contributed by atoms with van der Waals surface area (Å²) in [6, 6.07) is 24.0. The molecule has 184 valence electrons. The second-order valence-electron chi connectivity index (χ2n) is 9.06. The lowest BCUT2D eigenvalue weighted by Gasteiger charge is -2.31. The lowest BCUT2D eigenvalue weighted by molar-refractivity contribution is 0.363. The SMILES string of the molecule is C=CCOc1ccc(/C=c2\sc3n(c2=O)C(c2cccc(OC)c2)C2=C(N=3)c3ccccc3CC2)cc1. The molecule has 1 aliphatic heterocycles. The summed E-state index contributed by atoms with van der Waals surface area (Å²) in [7, 11) is 1.67. The quantitative estimate of drug-likeness (QED) is 0.350. The van der Waals surface area contributed by atoms with Crippen LogP contribution in [0.1, 0.15) is 34.7 Å². The number of hydrogen-bond acceptors (Lipinski definition) is 5. The first-order valence-corrected chi connectivity index (χ1v) is 13.1. The molecule has 0 N–H and O–H groups in total. The molecule has 0 fully saturated rings. The minimum atomic E-state index is -0.230. The molecule has 1 atom stereocenters. The van der Waals surface area contributed by atoms with Crippen molar-refractivity contribution in [2.45, 2.75) is 18.9 Å². The number of rotatable bonds is 6. The molecular formula is C31H26N2O3S. The molecule has 0 amide bonds. The largest absolute Gasteiger partial charge is 0.497 e. The number of benzene rings is 3. The predicted molar refractivity (Wildman–Crippen MR) is 148 cm³/mol. The van der Waals surface area contributed by atoms with Gasteiger partial charge in [0.1, 0.15) is 18.1 Å². The number of thiazole rings is 1. The molecule has 3 aromatic carbocycles. The maximum atomic E-state index is 13.9. The second kappa shape index (κ2) is 9.71. The molecule has 0 radical (unpaired) electrons. The Kier molecular flexibility index (Phi) is 6.10. The zero-order chi connectivity index (χ0) is 25.4. The summed E-state index contributed by atoms with van der Waals surface area (Å²) in [6.07, 6.45) is 5.43. The summed E-state index contributed by atoms with van der Waals surface area (Å²) < 4.78 is 13.6. The van der Waals surface area contributed by atoms with Crippen LogP contribution < -0.4 is 24.4 Å². The van der Waals surface area contributed by atoms with Gasteiger partial charge < -0.3 is 9.47 Å². The van der Waals surface area contributed by atoms with Crippen LogP contribution in [-0.4, -0.2) is 18.3 Å². The van der Waals surface area contributed by atoms with E-state index in [1.807, 2.05) is 53.1 Å². The summed E-state index contributed by atoms with van der Waals surface area (Å²) >= 11 is 1.43. The third-order valence-electron chi connectivity index (χ3n) is 6.83. The smallest absolute Gasteiger partial charge is 0.271 e. The van der Waals surface area contributed by atoms with E-state index in [9.17, 15) is 4.79 Å². The first-order chi connectivity index (χ1) is 18.2. The molecule has 1 aliphatic carbocycles. The molecule has 2 aliphatic rings. The average molecular weight is 507 g/mol. The number of nitrogens with zero attached hydrogens (tertiary/aromatic N) is 2. The molecule has 0 saturated heterocycles. The van der Waals surface area contributed by atoms with E-state index in [0.29, 0.717) is 15.9 Å². The van der Waals surface area contributed by atoms with Crippen molar-refractivity contribution in [2.75, 3.05) is 13.7 Å². The topological polar surface area (TPSA) is 52.8 Å². The molecule has 6 heteroatoms. The number of hydrogen-bond donors (Lipinski definition) is 0. The van der Waals surface area contributed by atoms with Gasteiger partial charge in [-0.2, -0.15) is 0 Å². The highest BCUT2D eigenvalue weighted by molar-refractivity contribution is 7.07. The Hall–Kier alpha value is -4.16. The molecule has 6 rings (SSSR count). The lowest BCUT2D eigenvalue weighted by atomic mass is 9.83. The van der Waals surface area contributed by atoms with Crippen LogP contribution in [0.3, 0.4) is 0 Å². The van der Waals surface area contributed by atoms with Crippen LogP contribution in [0.5, 0.6) is 11.5 Å². The van der Waals surface area contributed by atoms with Gasteiger partial charge in [-0.3, -0.25) is 9.36 Å². The molecule has 1 aromatic heterocycles. The number of ether oxygens (including phenoxy) is 2. The van der Waals surface area contributed by atoms with Crippen molar-refractivity contribution in [2.24, 2.45) is 4.99 Å². The summed E-state index contributed by atoms with van der Waals surface area (Å²) in [4.78, 5) is 19.7. The lowest BCUT2D eigenvalue weighted by Crippen LogP contribution is -2.38. The summed E-state index contributed by atoms with van der Waals surface area (Å²) in [5.41, 5.74) is 6.55. The van der Waals surface area contributed by atoms with Gasteiger partial charge in [0.05, 0.1) is 23.4 Å². The van der Waals surface area contributed by atoms with E-state index >= 15 is 0 Å². The normalized spacial score (nSPS) is 16.4. The number of allylic oxidation sites excluding steroid dienone is 1.